The smallest absolute Gasteiger partial charge is 0.115 e. The van der Waals surface area contributed by atoms with Crippen molar-refractivity contribution in [2.75, 3.05) is 13.7 Å². The number of hydrogen-bond acceptors (Lipinski definition) is 3. The summed E-state index contributed by atoms with van der Waals surface area (Å²) in [4.78, 5) is 0. The lowest BCUT2D eigenvalue weighted by molar-refractivity contribution is 0.0494. The van der Waals surface area contributed by atoms with Gasteiger partial charge in [-0.05, 0) is 17.7 Å². The van der Waals surface area contributed by atoms with E-state index in [2.05, 4.69) is 0 Å². The summed E-state index contributed by atoms with van der Waals surface area (Å²) in [6.45, 7) is -0.00778. The van der Waals surface area contributed by atoms with Crippen LogP contribution >= 0.6 is 0 Å². The molecule has 0 aliphatic heterocycles. The van der Waals surface area contributed by atoms with Gasteiger partial charge in [0, 0.05) is 13.5 Å². The molecule has 13 heavy (non-hydrogen) atoms. The van der Waals surface area contributed by atoms with Crippen molar-refractivity contribution in [3.8, 4) is 5.75 Å². The highest BCUT2D eigenvalue weighted by Gasteiger charge is 2.06. The fraction of sp³-hybridized carbons (Fsp3) is 0.400. The topological polar surface area (TPSA) is 49.7 Å². The van der Waals surface area contributed by atoms with E-state index in [1.54, 1.807) is 25.3 Å². The van der Waals surface area contributed by atoms with Crippen LogP contribution in [0.1, 0.15) is 5.56 Å². The van der Waals surface area contributed by atoms with E-state index in [1.807, 2.05) is 6.07 Å². The molecule has 3 nitrogen and oxygen atoms in total. The average molecular weight is 182 g/mol. The number of methoxy groups -OCH3 is 1. The highest BCUT2D eigenvalue weighted by Crippen LogP contribution is 2.13. The second-order valence-electron chi connectivity index (χ2n) is 2.91. The minimum Gasteiger partial charge on any atom is -0.508 e. The molecular weight excluding hydrogens is 168 g/mol. The molecule has 0 saturated carbocycles. The number of benzene rings is 1. The summed E-state index contributed by atoms with van der Waals surface area (Å²) in [5.41, 5.74) is 0.959. The summed E-state index contributed by atoms with van der Waals surface area (Å²) in [5, 5.41) is 18.0. The summed E-state index contributed by atoms with van der Waals surface area (Å²) in [6.07, 6.45) is 0.420. The monoisotopic (exact) mass is 182 g/mol. The zero-order chi connectivity index (χ0) is 9.68. The third-order valence-electron chi connectivity index (χ3n) is 1.91. The van der Waals surface area contributed by atoms with Gasteiger partial charge in [0.2, 0.25) is 0 Å². The van der Waals surface area contributed by atoms with Gasteiger partial charge in [0.05, 0.1) is 12.7 Å². The van der Waals surface area contributed by atoms with E-state index >= 15 is 0 Å². The molecule has 2 N–H and O–H groups in total. The van der Waals surface area contributed by atoms with Crippen LogP contribution in [0, 0.1) is 0 Å². The second-order valence-corrected chi connectivity index (χ2v) is 2.91. The lowest BCUT2D eigenvalue weighted by Crippen LogP contribution is -2.18. The third kappa shape index (κ3) is 3.05. The van der Waals surface area contributed by atoms with Gasteiger partial charge in [-0.3, -0.25) is 0 Å². The summed E-state index contributed by atoms with van der Waals surface area (Å²) >= 11 is 0. The summed E-state index contributed by atoms with van der Waals surface area (Å²) in [7, 11) is 1.56. The number of rotatable bonds is 4. The Morgan fingerprint density at radius 1 is 1.46 bits per heavy atom. The molecule has 0 radical (unpaired) electrons. The van der Waals surface area contributed by atoms with Crippen molar-refractivity contribution in [3.05, 3.63) is 29.8 Å². The molecule has 0 spiro atoms. The maximum absolute atomic E-state index is 9.17. The predicted molar refractivity (Wildman–Crippen MR) is 49.7 cm³/mol. The van der Waals surface area contributed by atoms with Crippen LogP contribution in [-0.2, 0) is 11.2 Å². The zero-order valence-corrected chi connectivity index (χ0v) is 7.60. The Bertz CT molecular complexity index is 256. The number of ether oxygens (including phenoxy) is 1. The Labute approximate surface area is 77.6 Å². The van der Waals surface area contributed by atoms with Gasteiger partial charge in [-0.1, -0.05) is 12.1 Å². The molecule has 0 heterocycles. The van der Waals surface area contributed by atoms with Gasteiger partial charge in [0.25, 0.3) is 0 Å². The Kier molecular flexibility index (Phi) is 3.73. The molecule has 0 amide bonds. The third-order valence-corrected chi connectivity index (χ3v) is 1.91. The summed E-state index contributed by atoms with van der Waals surface area (Å²) < 4.78 is 5.01. The molecule has 0 aromatic heterocycles. The second kappa shape index (κ2) is 4.84. The molecule has 0 saturated heterocycles. The lowest BCUT2D eigenvalue weighted by Gasteiger charge is -2.11. The van der Waals surface area contributed by atoms with Gasteiger partial charge < -0.3 is 14.9 Å². The van der Waals surface area contributed by atoms with E-state index in [0.717, 1.165) is 5.56 Å². The fourth-order valence-electron chi connectivity index (χ4n) is 1.17. The van der Waals surface area contributed by atoms with E-state index in [-0.39, 0.29) is 18.5 Å². The molecule has 1 rings (SSSR count). The van der Waals surface area contributed by atoms with Crippen molar-refractivity contribution >= 4 is 0 Å². The van der Waals surface area contributed by atoms with Gasteiger partial charge >= 0.3 is 0 Å². The first kappa shape index (κ1) is 10.0. The van der Waals surface area contributed by atoms with E-state index in [1.165, 1.54) is 0 Å². The van der Waals surface area contributed by atoms with Gasteiger partial charge in [0.15, 0.2) is 0 Å². The van der Waals surface area contributed by atoms with Crippen molar-refractivity contribution < 1.29 is 14.9 Å². The van der Waals surface area contributed by atoms with Crippen LogP contribution in [0.3, 0.4) is 0 Å². The predicted octanol–water partition coefficient (Wildman–Crippen LogP) is 0.942. The Morgan fingerprint density at radius 2 is 2.23 bits per heavy atom. The largest absolute Gasteiger partial charge is 0.508 e. The molecule has 72 valence electrons. The van der Waals surface area contributed by atoms with Crippen LogP contribution in [-0.4, -0.2) is 30.0 Å². The van der Waals surface area contributed by atoms with Gasteiger partial charge in [-0.25, -0.2) is 0 Å². The zero-order valence-electron chi connectivity index (χ0n) is 7.60. The Balaban J connectivity index is 2.62. The van der Waals surface area contributed by atoms with Crippen LogP contribution in [0.15, 0.2) is 24.3 Å². The number of aromatic hydroxyl groups is 1. The van der Waals surface area contributed by atoms with Gasteiger partial charge in [0.1, 0.15) is 5.75 Å². The van der Waals surface area contributed by atoms with Crippen LogP contribution in [0.4, 0.5) is 0 Å². The molecule has 0 bridgehead atoms. The molecule has 1 unspecified atom stereocenters. The highest BCUT2D eigenvalue weighted by atomic mass is 16.5. The Hall–Kier alpha value is -1.06. The average Bonchev–Trinajstić information content (AvgIpc) is 2.14. The fourth-order valence-corrected chi connectivity index (χ4v) is 1.17. The minimum absolute atomic E-state index is 0.00778. The SMILES string of the molecule is COC(CO)Cc1cccc(O)c1. The molecule has 0 aliphatic rings. The van der Waals surface area contributed by atoms with Crippen LogP contribution in [0.5, 0.6) is 5.75 Å². The van der Waals surface area contributed by atoms with E-state index in [9.17, 15) is 0 Å². The quantitative estimate of drug-likeness (QED) is 0.728. The maximum Gasteiger partial charge on any atom is 0.115 e. The van der Waals surface area contributed by atoms with E-state index in [0.29, 0.717) is 6.42 Å². The molecule has 0 fully saturated rings. The normalized spacial score (nSPS) is 12.8. The molecule has 1 aromatic carbocycles. The van der Waals surface area contributed by atoms with Crippen molar-refractivity contribution in [1.82, 2.24) is 0 Å². The van der Waals surface area contributed by atoms with Crippen molar-refractivity contribution in [1.29, 1.82) is 0 Å². The lowest BCUT2D eigenvalue weighted by atomic mass is 10.1. The first-order chi connectivity index (χ1) is 6.26. The standard InChI is InChI=1S/C10H14O3/c1-13-10(7-11)6-8-3-2-4-9(12)5-8/h2-5,10-12H,6-7H2,1H3. The molecule has 0 aliphatic carbocycles. The van der Waals surface area contributed by atoms with Crippen LogP contribution in [0.2, 0.25) is 0 Å². The van der Waals surface area contributed by atoms with E-state index in [4.69, 9.17) is 14.9 Å². The first-order valence-corrected chi connectivity index (χ1v) is 4.18. The van der Waals surface area contributed by atoms with Gasteiger partial charge in [-0.2, -0.15) is 0 Å². The van der Waals surface area contributed by atoms with Crippen LogP contribution < -0.4 is 0 Å². The summed E-state index contributed by atoms with van der Waals surface area (Å²) in [6, 6.07) is 6.95. The summed E-state index contributed by atoms with van der Waals surface area (Å²) in [5.74, 6) is 0.241. The van der Waals surface area contributed by atoms with Crippen LogP contribution in [0.25, 0.3) is 0 Å². The van der Waals surface area contributed by atoms with Crippen molar-refractivity contribution in [3.63, 3.8) is 0 Å². The number of hydrogen-bond donors (Lipinski definition) is 2. The van der Waals surface area contributed by atoms with Crippen molar-refractivity contribution in [2.24, 2.45) is 0 Å². The maximum atomic E-state index is 9.17. The molecule has 3 heteroatoms. The Morgan fingerprint density at radius 3 is 2.77 bits per heavy atom. The molecule has 1 atom stereocenters. The van der Waals surface area contributed by atoms with E-state index < -0.39 is 0 Å². The number of phenolic OH excluding ortho intramolecular Hbond substituents is 1. The van der Waals surface area contributed by atoms with Crippen molar-refractivity contribution in [2.45, 2.75) is 12.5 Å². The molecular formula is C10H14O3. The number of aliphatic hydroxyl groups is 1. The number of phenols is 1. The first-order valence-electron chi connectivity index (χ1n) is 4.18. The van der Waals surface area contributed by atoms with Gasteiger partial charge in [-0.15, -0.1) is 0 Å². The number of aliphatic hydroxyl groups excluding tert-OH is 1. The minimum atomic E-state index is -0.193. The highest BCUT2D eigenvalue weighted by molar-refractivity contribution is 5.27. The molecule has 1 aromatic rings.